The van der Waals surface area contributed by atoms with Crippen LogP contribution < -0.4 is 16.0 Å². The Morgan fingerprint density at radius 1 is 1.17 bits per heavy atom. The van der Waals surface area contributed by atoms with Gasteiger partial charge in [0.25, 0.3) is 0 Å². The first-order valence-corrected chi connectivity index (χ1v) is 10.2. The number of carbonyl (C=O) groups excluding carboxylic acids is 3. The second kappa shape index (κ2) is 7.89. The average Bonchev–Trinajstić information content (AvgIpc) is 3.27. The largest absolute Gasteiger partial charge is 0.348 e. The molecule has 1 aromatic rings. The Balaban J connectivity index is 1.57. The highest BCUT2D eigenvalue weighted by molar-refractivity contribution is 6.30. The topological polar surface area (TPSA) is 87.3 Å². The van der Waals surface area contributed by atoms with E-state index < -0.39 is 41.4 Å². The molecule has 2 aliphatic carbocycles. The number of rotatable bonds is 4. The van der Waals surface area contributed by atoms with E-state index in [1.54, 1.807) is 0 Å². The van der Waals surface area contributed by atoms with Crippen molar-refractivity contribution < 1.29 is 23.2 Å². The molecule has 1 saturated heterocycles. The third kappa shape index (κ3) is 4.22. The predicted octanol–water partition coefficient (Wildman–Crippen LogP) is 3.06. The van der Waals surface area contributed by atoms with Gasteiger partial charge >= 0.3 is 6.03 Å². The standard InChI is InChI=1S/C20H22ClF2N3O3/c21-13-2-3-14(22)16(17(13)23)18(12-6-10-5-11(10)7-12)26-19(28)9-1-4-15(27)25-20(29)24-8-9/h2-3,9-12,18H,1,4-8H2,(H,26,28)(H2,24,25,27,29)/t9-,10-,11+,12?,18-/m1/s1. The Morgan fingerprint density at radius 2 is 1.90 bits per heavy atom. The summed E-state index contributed by atoms with van der Waals surface area (Å²) in [6.45, 7) is 0.0358. The normalized spacial score (nSPS) is 29.8. The van der Waals surface area contributed by atoms with Crippen LogP contribution in [0.2, 0.25) is 5.02 Å². The zero-order valence-corrected chi connectivity index (χ0v) is 16.4. The van der Waals surface area contributed by atoms with E-state index in [9.17, 15) is 23.2 Å². The van der Waals surface area contributed by atoms with Crippen LogP contribution in [0.4, 0.5) is 13.6 Å². The van der Waals surface area contributed by atoms with Gasteiger partial charge in [-0.15, -0.1) is 0 Å². The van der Waals surface area contributed by atoms with Crippen molar-refractivity contribution in [3.8, 4) is 0 Å². The van der Waals surface area contributed by atoms with Crippen molar-refractivity contribution in [3.05, 3.63) is 34.4 Å². The van der Waals surface area contributed by atoms with Crippen molar-refractivity contribution in [2.45, 2.75) is 38.1 Å². The molecule has 0 spiro atoms. The number of amides is 4. The van der Waals surface area contributed by atoms with E-state index in [1.807, 2.05) is 0 Å². The van der Waals surface area contributed by atoms with Crippen LogP contribution in [0.15, 0.2) is 12.1 Å². The summed E-state index contributed by atoms with van der Waals surface area (Å²) in [6.07, 6.45) is 2.96. The quantitative estimate of drug-likeness (QED) is 0.648. The second-order valence-corrected chi connectivity index (χ2v) is 8.63. The summed E-state index contributed by atoms with van der Waals surface area (Å²) in [7, 11) is 0. The van der Waals surface area contributed by atoms with Crippen LogP contribution in [0.1, 0.15) is 43.7 Å². The molecule has 1 aromatic carbocycles. The minimum atomic E-state index is -0.858. The Labute approximate surface area is 171 Å². The van der Waals surface area contributed by atoms with Crippen LogP contribution in [0.3, 0.4) is 0 Å². The molecule has 5 atom stereocenters. The summed E-state index contributed by atoms with van der Waals surface area (Å²) >= 11 is 5.88. The van der Waals surface area contributed by atoms with E-state index in [1.165, 1.54) is 0 Å². The molecule has 1 aliphatic heterocycles. The highest BCUT2D eigenvalue weighted by atomic mass is 35.5. The fraction of sp³-hybridized carbons (Fsp3) is 0.550. The highest BCUT2D eigenvalue weighted by Gasteiger charge is 2.49. The van der Waals surface area contributed by atoms with Crippen molar-refractivity contribution in [3.63, 3.8) is 0 Å². The van der Waals surface area contributed by atoms with Crippen LogP contribution in [0.5, 0.6) is 0 Å². The number of hydrogen-bond donors (Lipinski definition) is 3. The van der Waals surface area contributed by atoms with Gasteiger partial charge in [0.2, 0.25) is 11.8 Å². The molecule has 3 aliphatic rings. The summed E-state index contributed by atoms with van der Waals surface area (Å²) in [6, 6.07) is 0.760. The molecular weight excluding hydrogens is 404 g/mol. The minimum Gasteiger partial charge on any atom is -0.348 e. The molecule has 29 heavy (non-hydrogen) atoms. The monoisotopic (exact) mass is 425 g/mol. The van der Waals surface area contributed by atoms with Gasteiger partial charge in [-0.1, -0.05) is 11.6 Å². The number of fused-ring (bicyclic) bond motifs is 1. The third-order valence-electron chi connectivity index (χ3n) is 6.29. The van der Waals surface area contributed by atoms with E-state index in [4.69, 9.17) is 11.6 Å². The Bertz CT molecular complexity index is 838. The molecule has 156 valence electrons. The molecule has 4 amide bonds. The zero-order valence-electron chi connectivity index (χ0n) is 15.6. The summed E-state index contributed by atoms with van der Waals surface area (Å²) < 4.78 is 29.4. The van der Waals surface area contributed by atoms with Crippen LogP contribution in [0.25, 0.3) is 0 Å². The number of urea groups is 1. The first-order valence-electron chi connectivity index (χ1n) is 9.85. The maximum absolute atomic E-state index is 14.8. The maximum Gasteiger partial charge on any atom is 0.321 e. The van der Waals surface area contributed by atoms with E-state index in [2.05, 4.69) is 16.0 Å². The van der Waals surface area contributed by atoms with Gasteiger partial charge in [-0.25, -0.2) is 13.6 Å². The van der Waals surface area contributed by atoms with Gasteiger partial charge in [0.15, 0.2) is 0 Å². The molecule has 9 heteroatoms. The smallest absolute Gasteiger partial charge is 0.321 e. The summed E-state index contributed by atoms with van der Waals surface area (Å²) in [5, 5.41) is 7.24. The van der Waals surface area contributed by atoms with Crippen molar-refractivity contribution in [1.29, 1.82) is 0 Å². The van der Waals surface area contributed by atoms with Gasteiger partial charge in [-0.05, 0) is 55.6 Å². The Kier molecular flexibility index (Phi) is 5.46. The lowest BCUT2D eigenvalue weighted by Gasteiger charge is -2.29. The molecule has 3 N–H and O–H groups in total. The lowest BCUT2D eigenvalue weighted by atomic mass is 9.87. The summed E-state index contributed by atoms with van der Waals surface area (Å²) in [5.74, 6) is -2.18. The fourth-order valence-electron chi connectivity index (χ4n) is 4.64. The molecule has 0 radical (unpaired) electrons. The van der Waals surface area contributed by atoms with Gasteiger partial charge in [0.1, 0.15) is 11.6 Å². The molecule has 4 rings (SSSR count). The van der Waals surface area contributed by atoms with Crippen molar-refractivity contribution >= 4 is 29.4 Å². The molecule has 0 bridgehead atoms. The fourth-order valence-corrected chi connectivity index (χ4v) is 4.80. The molecule has 2 saturated carbocycles. The lowest BCUT2D eigenvalue weighted by Crippen LogP contribution is -2.48. The van der Waals surface area contributed by atoms with Crippen molar-refractivity contribution in [2.75, 3.05) is 6.54 Å². The Morgan fingerprint density at radius 3 is 2.62 bits per heavy atom. The van der Waals surface area contributed by atoms with Crippen LogP contribution in [-0.2, 0) is 9.59 Å². The molecule has 1 unspecified atom stereocenters. The minimum absolute atomic E-state index is 0.0175. The molecule has 6 nitrogen and oxygen atoms in total. The maximum atomic E-state index is 14.8. The SMILES string of the molecule is O=C1CC[C@@H](C(=O)N[C@@H](c2c(F)ccc(Cl)c2F)C2C[C@@H]3C[C@@H]3C2)CNC(=O)N1. The molecule has 0 aromatic heterocycles. The lowest BCUT2D eigenvalue weighted by molar-refractivity contribution is -0.127. The summed E-state index contributed by atoms with van der Waals surface area (Å²) in [5.41, 5.74) is -0.218. The Hall–Kier alpha value is -2.22. The van der Waals surface area contributed by atoms with Crippen LogP contribution >= 0.6 is 11.6 Å². The van der Waals surface area contributed by atoms with Gasteiger partial charge in [0.05, 0.1) is 17.0 Å². The van der Waals surface area contributed by atoms with E-state index in [0.29, 0.717) is 11.8 Å². The average molecular weight is 426 g/mol. The molecule has 1 heterocycles. The number of nitrogens with one attached hydrogen (secondary N) is 3. The predicted molar refractivity (Wildman–Crippen MR) is 101 cm³/mol. The van der Waals surface area contributed by atoms with Gasteiger partial charge in [-0.3, -0.25) is 14.9 Å². The highest BCUT2D eigenvalue weighted by Crippen LogP contribution is 2.57. The number of benzene rings is 1. The van der Waals surface area contributed by atoms with E-state index in [-0.39, 0.29) is 35.9 Å². The van der Waals surface area contributed by atoms with Gasteiger partial charge in [-0.2, -0.15) is 0 Å². The molecule has 3 fully saturated rings. The van der Waals surface area contributed by atoms with E-state index >= 15 is 0 Å². The van der Waals surface area contributed by atoms with Crippen molar-refractivity contribution in [1.82, 2.24) is 16.0 Å². The number of imide groups is 1. The van der Waals surface area contributed by atoms with Crippen LogP contribution in [-0.4, -0.2) is 24.4 Å². The van der Waals surface area contributed by atoms with E-state index in [0.717, 1.165) is 31.4 Å². The summed E-state index contributed by atoms with van der Waals surface area (Å²) in [4.78, 5) is 36.1. The zero-order chi connectivity index (χ0) is 20.7. The number of hydrogen-bond acceptors (Lipinski definition) is 3. The number of halogens is 3. The van der Waals surface area contributed by atoms with Gasteiger partial charge in [0, 0.05) is 18.5 Å². The van der Waals surface area contributed by atoms with Crippen molar-refractivity contribution in [2.24, 2.45) is 23.7 Å². The van der Waals surface area contributed by atoms with Gasteiger partial charge < -0.3 is 10.6 Å². The third-order valence-corrected chi connectivity index (χ3v) is 6.58. The first kappa shape index (κ1) is 20.1. The second-order valence-electron chi connectivity index (χ2n) is 8.22. The number of carbonyl (C=O) groups is 3. The molecular formula is C20H22ClF2N3O3. The first-order chi connectivity index (χ1) is 13.8. The van der Waals surface area contributed by atoms with Crippen LogP contribution in [0, 0.1) is 35.3 Å².